The number of benzene rings is 2. The summed E-state index contributed by atoms with van der Waals surface area (Å²) in [5.41, 5.74) is 5.36. The molecule has 1 amide bonds. The fourth-order valence-corrected chi connectivity index (χ4v) is 5.05. The normalized spacial score (nSPS) is 20.6. The lowest BCUT2D eigenvalue weighted by Crippen LogP contribution is -2.43. The first kappa shape index (κ1) is 20.3. The predicted molar refractivity (Wildman–Crippen MR) is 124 cm³/mol. The molecule has 2 saturated heterocycles. The summed E-state index contributed by atoms with van der Waals surface area (Å²) in [6, 6.07) is 15.0. The molecule has 3 aromatic rings. The highest BCUT2D eigenvalue weighted by molar-refractivity contribution is 5.94. The molecule has 0 bridgehead atoms. The highest BCUT2D eigenvalue weighted by Crippen LogP contribution is 2.24. The van der Waals surface area contributed by atoms with Crippen molar-refractivity contribution in [1.82, 2.24) is 19.4 Å². The summed E-state index contributed by atoms with van der Waals surface area (Å²) in [5, 5.41) is 0. The third-order valence-corrected chi connectivity index (χ3v) is 7.12. The number of imidazole rings is 1. The zero-order valence-electron chi connectivity index (χ0n) is 18.6. The second kappa shape index (κ2) is 8.46. The van der Waals surface area contributed by atoms with E-state index in [1.165, 1.54) is 37.1 Å². The van der Waals surface area contributed by atoms with E-state index in [0.29, 0.717) is 6.04 Å². The molecule has 3 heterocycles. The van der Waals surface area contributed by atoms with Gasteiger partial charge < -0.3 is 9.47 Å². The molecule has 5 rings (SSSR count). The van der Waals surface area contributed by atoms with E-state index in [-0.39, 0.29) is 5.91 Å². The SMILES string of the molecule is Cc1ccc2c(c1)ncn2Cc1ccc(C(=O)N2CCC(N3CCC(C)CC3)C2)cc1. The molecule has 0 spiro atoms. The van der Waals surface area contributed by atoms with E-state index in [2.05, 4.69) is 58.6 Å². The van der Waals surface area contributed by atoms with Crippen molar-refractivity contribution in [1.29, 1.82) is 0 Å². The summed E-state index contributed by atoms with van der Waals surface area (Å²) in [6.45, 7) is 9.31. The van der Waals surface area contributed by atoms with Gasteiger partial charge in [0.05, 0.1) is 17.4 Å². The van der Waals surface area contributed by atoms with Crippen LogP contribution in [-0.4, -0.2) is 57.5 Å². The Morgan fingerprint density at radius 2 is 1.81 bits per heavy atom. The van der Waals surface area contributed by atoms with Gasteiger partial charge in [0.25, 0.3) is 5.91 Å². The van der Waals surface area contributed by atoms with Crippen LogP contribution < -0.4 is 0 Å². The minimum Gasteiger partial charge on any atom is -0.337 e. The van der Waals surface area contributed by atoms with Crippen LogP contribution in [0.3, 0.4) is 0 Å². The molecule has 2 aliphatic rings. The van der Waals surface area contributed by atoms with Gasteiger partial charge in [-0.25, -0.2) is 4.98 Å². The van der Waals surface area contributed by atoms with Crippen molar-refractivity contribution in [3.63, 3.8) is 0 Å². The first-order chi connectivity index (χ1) is 15.1. The van der Waals surface area contributed by atoms with E-state index in [0.717, 1.165) is 48.6 Å². The zero-order chi connectivity index (χ0) is 21.4. The Labute approximate surface area is 184 Å². The average molecular weight is 417 g/mol. The van der Waals surface area contributed by atoms with Gasteiger partial charge in [0.1, 0.15) is 0 Å². The summed E-state index contributed by atoms with van der Waals surface area (Å²) in [4.78, 5) is 22.2. The molecule has 2 fully saturated rings. The Bertz CT molecular complexity index is 1060. The van der Waals surface area contributed by atoms with Crippen LogP contribution in [0.1, 0.15) is 47.7 Å². The molecule has 31 heavy (non-hydrogen) atoms. The Hall–Kier alpha value is -2.66. The summed E-state index contributed by atoms with van der Waals surface area (Å²) in [7, 11) is 0. The molecule has 0 aliphatic carbocycles. The highest BCUT2D eigenvalue weighted by atomic mass is 16.2. The topological polar surface area (TPSA) is 41.4 Å². The highest BCUT2D eigenvalue weighted by Gasteiger charge is 2.32. The van der Waals surface area contributed by atoms with Gasteiger partial charge in [-0.15, -0.1) is 0 Å². The number of amides is 1. The summed E-state index contributed by atoms with van der Waals surface area (Å²) in [5.74, 6) is 1.02. The first-order valence-electron chi connectivity index (χ1n) is 11.6. The number of aromatic nitrogens is 2. The summed E-state index contributed by atoms with van der Waals surface area (Å²) < 4.78 is 2.16. The van der Waals surface area contributed by atoms with Crippen LogP contribution in [0.15, 0.2) is 48.8 Å². The number of hydrogen-bond acceptors (Lipinski definition) is 3. The van der Waals surface area contributed by atoms with Crippen molar-refractivity contribution in [2.75, 3.05) is 26.2 Å². The number of carbonyl (C=O) groups excluding carboxylic acids is 1. The van der Waals surface area contributed by atoms with Crippen LogP contribution in [0.25, 0.3) is 11.0 Å². The molecule has 1 aromatic heterocycles. The van der Waals surface area contributed by atoms with Crippen LogP contribution in [0.2, 0.25) is 0 Å². The molecule has 2 aliphatic heterocycles. The maximum absolute atomic E-state index is 13.1. The number of aryl methyl sites for hydroxylation is 1. The number of nitrogens with zero attached hydrogens (tertiary/aromatic N) is 4. The molecule has 2 aromatic carbocycles. The molecule has 162 valence electrons. The number of likely N-dealkylation sites (tertiary alicyclic amines) is 2. The lowest BCUT2D eigenvalue weighted by molar-refractivity contribution is 0.0765. The van der Waals surface area contributed by atoms with E-state index >= 15 is 0 Å². The third kappa shape index (κ3) is 4.24. The first-order valence-corrected chi connectivity index (χ1v) is 11.6. The third-order valence-electron chi connectivity index (χ3n) is 7.12. The Kier molecular flexibility index (Phi) is 5.53. The van der Waals surface area contributed by atoms with Crippen LogP contribution in [0.5, 0.6) is 0 Å². The second-order valence-electron chi connectivity index (χ2n) is 9.47. The zero-order valence-corrected chi connectivity index (χ0v) is 18.6. The van der Waals surface area contributed by atoms with Crippen LogP contribution in [0.4, 0.5) is 0 Å². The van der Waals surface area contributed by atoms with Crippen molar-refractivity contribution < 1.29 is 4.79 Å². The lowest BCUT2D eigenvalue weighted by Gasteiger charge is -2.34. The molecule has 0 radical (unpaired) electrons. The number of carbonyl (C=O) groups is 1. The van der Waals surface area contributed by atoms with Gasteiger partial charge in [-0.05, 0) is 80.6 Å². The lowest BCUT2D eigenvalue weighted by atomic mass is 9.98. The minimum absolute atomic E-state index is 0.169. The predicted octanol–water partition coefficient (Wildman–Crippen LogP) is 4.34. The van der Waals surface area contributed by atoms with Gasteiger partial charge in [-0.3, -0.25) is 9.69 Å². The molecular weight excluding hydrogens is 384 g/mol. The Balaban J connectivity index is 1.22. The molecule has 0 saturated carbocycles. The smallest absolute Gasteiger partial charge is 0.253 e. The fourth-order valence-electron chi connectivity index (χ4n) is 5.05. The van der Waals surface area contributed by atoms with Crippen molar-refractivity contribution in [3.8, 4) is 0 Å². The van der Waals surface area contributed by atoms with Crippen molar-refractivity contribution in [2.45, 2.75) is 45.7 Å². The minimum atomic E-state index is 0.169. The number of rotatable bonds is 4. The van der Waals surface area contributed by atoms with Crippen LogP contribution >= 0.6 is 0 Å². The number of hydrogen-bond donors (Lipinski definition) is 0. The van der Waals surface area contributed by atoms with Gasteiger partial charge in [0.2, 0.25) is 0 Å². The summed E-state index contributed by atoms with van der Waals surface area (Å²) >= 11 is 0. The van der Waals surface area contributed by atoms with Gasteiger partial charge in [-0.1, -0.05) is 25.1 Å². The quantitative estimate of drug-likeness (QED) is 0.635. The largest absolute Gasteiger partial charge is 0.337 e. The standard InChI is InChI=1S/C26H32N4O/c1-19-9-12-28(13-10-19)23-11-14-29(17-23)26(31)22-6-4-21(5-7-22)16-30-18-27-24-15-20(2)3-8-25(24)30/h3-8,15,18-19,23H,9-14,16-17H2,1-2H3. The second-order valence-corrected chi connectivity index (χ2v) is 9.47. The van der Waals surface area contributed by atoms with Gasteiger partial charge >= 0.3 is 0 Å². The molecule has 1 unspecified atom stereocenters. The van der Waals surface area contributed by atoms with E-state index in [1.54, 1.807) is 0 Å². The van der Waals surface area contributed by atoms with Gasteiger partial charge in [0.15, 0.2) is 0 Å². The van der Waals surface area contributed by atoms with Crippen LogP contribution in [0, 0.1) is 12.8 Å². The molecule has 0 N–H and O–H groups in total. The van der Waals surface area contributed by atoms with E-state index in [9.17, 15) is 4.79 Å². The molecule has 1 atom stereocenters. The van der Waals surface area contributed by atoms with Gasteiger partial charge in [-0.2, -0.15) is 0 Å². The van der Waals surface area contributed by atoms with Crippen molar-refractivity contribution in [3.05, 3.63) is 65.5 Å². The molecule has 5 nitrogen and oxygen atoms in total. The van der Waals surface area contributed by atoms with E-state index < -0.39 is 0 Å². The summed E-state index contributed by atoms with van der Waals surface area (Å²) in [6.07, 6.45) is 5.58. The van der Waals surface area contributed by atoms with E-state index in [4.69, 9.17) is 0 Å². The number of fused-ring (bicyclic) bond motifs is 1. The maximum Gasteiger partial charge on any atom is 0.253 e. The fraction of sp³-hybridized carbons (Fsp3) is 0.462. The number of piperidine rings is 1. The molecular formula is C26H32N4O. The van der Waals surface area contributed by atoms with Crippen molar-refractivity contribution >= 4 is 16.9 Å². The van der Waals surface area contributed by atoms with Gasteiger partial charge in [0, 0.05) is 31.2 Å². The van der Waals surface area contributed by atoms with Crippen molar-refractivity contribution in [2.24, 2.45) is 5.92 Å². The average Bonchev–Trinajstić information content (AvgIpc) is 3.42. The van der Waals surface area contributed by atoms with E-state index in [1.807, 2.05) is 23.4 Å². The Morgan fingerprint density at radius 1 is 1.03 bits per heavy atom. The Morgan fingerprint density at radius 3 is 2.58 bits per heavy atom. The monoisotopic (exact) mass is 416 g/mol. The maximum atomic E-state index is 13.1. The molecule has 5 heteroatoms. The van der Waals surface area contributed by atoms with Crippen LogP contribution in [-0.2, 0) is 6.54 Å².